The SMILES string of the molecule is CC(C)CC(CO)(CO)N(CCO)CCS(=O)(=O)O. The Kier molecular flexibility index (Phi) is 8.02. The van der Waals surface area contributed by atoms with Crippen LogP contribution in [0.25, 0.3) is 0 Å². The van der Waals surface area contributed by atoms with Gasteiger partial charge in [-0.1, -0.05) is 13.8 Å². The maximum Gasteiger partial charge on any atom is 0.266 e. The van der Waals surface area contributed by atoms with Gasteiger partial charge < -0.3 is 15.3 Å². The Balaban J connectivity index is 5.04. The van der Waals surface area contributed by atoms with Crippen LogP contribution < -0.4 is 0 Å². The van der Waals surface area contributed by atoms with Gasteiger partial charge in [0.25, 0.3) is 10.1 Å². The topological polar surface area (TPSA) is 118 Å². The van der Waals surface area contributed by atoms with Crippen molar-refractivity contribution in [3.05, 3.63) is 0 Å². The molecule has 0 bridgehead atoms. The molecule has 0 aromatic carbocycles. The fraction of sp³-hybridized carbons (Fsp3) is 1.00. The Morgan fingerprint density at radius 3 is 1.95 bits per heavy atom. The zero-order chi connectivity index (χ0) is 15.1. The first-order valence-corrected chi connectivity index (χ1v) is 7.84. The molecule has 0 saturated heterocycles. The second-order valence-electron chi connectivity index (χ2n) is 5.14. The molecule has 0 atom stereocenters. The van der Waals surface area contributed by atoms with E-state index in [0.717, 1.165) is 0 Å². The third kappa shape index (κ3) is 6.64. The predicted octanol–water partition coefficient (Wildman–Crippen LogP) is -1.06. The van der Waals surface area contributed by atoms with Crippen molar-refractivity contribution in [3.63, 3.8) is 0 Å². The molecule has 0 saturated carbocycles. The zero-order valence-electron chi connectivity index (χ0n) is 11.5. The summed E-state index contributed by atoms with van der Waals surface area (Å²) in [7, 11) is -4.13. The van der Waals surface area contributed by atoms with Gasteiger partial charge in [0.15, 0.2) is 0 Å². The molecular weight excluding hydrogens is 274 g/mol. The monoisotopic (exact) mass is 299 g/mol. The van der Waals surface area contributed by atoms with Crippen LogP contribution in [0.4, 0.5) is 0 Å². The van der Waals surface area contributed by atoms with Gasteiger partial charge in [0.1, 0.15) is 0 Å². The summed E-state index contributed by atoms with van der Waals surface area (Å²) in [5, 5.41) is 28.2. The Bertz CT molecular complexity index is 339. The van der Waals surface area contributed by atoms with Crippen molar-refractivity contribution in [1.29, 1.82) is 0 Å². The summed E-state index contributed by atoms with van der Waals surface area (Å²) < 4.78 is 30.4. The normalized spacial score (nSPS) is 13.5. The highest BCUT2D eigenvalue weighted by Gasteiger charge is 2.36. The van der Waals surface area contributed by atoms with E-state index >= 15 is 0 Å². The molecule has 116 valence electrons. The van der Waals surface area contributed by atoms with E-state index in [1.807, 2.05) is 13.8 Å². The first kappa shape index (κ1) is 18.8. The minimum Gasteiger partial charge on any atom is -0.395 e. The van der Waals surface area contributed by atoms with E-state index in [9.17, 15) is 18.6 Å². The van der Waals surface area contributed by atoms with Crippen LogP contribution in [0.3, 0.4) is 0 Å². The first-order chi connectivity index (χ1) is 8.70. The number of aliphatic hydroxyl groups excluding tert-OH is 3. The maximum atomic E-state index is 10.8. The lowest BCUT2D eigenvalue weighted by atomic mass is 9.88. The number of hydrogen-bond donors (Lipinski definition) is 4. The summed E-state index contributed by atoms with van der Waals surface area (Å²) in [5.41, 5.74) is -0.998. The van der Waals surface area contributed by atoms with Crippen molar-refractivity contribution in [2.45, 2.75) is 25.8 Å². The zero-order valence-corrected chi connectivity index (χ0v) is 12.3. The van der Waals surface area contributed by atoms with Crippen molar-refractivity contribution in [2.75, 3.05) is 38.7 Å². The summed E-state index contributed by atoms with van der Waals surface area (Å²) in [6.45, 7) is 2.95. The van der Waals surface area contributed by atoms with Gasteiger partial charge >= 0.3 is 0 Å². The van der Waals surface area contributed by atoms with Crippen molar-refractivity contribution >= 4 is 10.1 Å². The lowest BCUT2D eigenvalue weighted by Crippen LogP contribution is -2.57. The lowest BCUT2D eigenvalue weighted by molar-refractivity contribution is -0.0304. The van der Waals surface area contributed by atoms with E-state index in [1.165, 1.54) is 4.90 Å². The Labute approximate surface area is 114 Å². The molecule has 0 spiro atoms. The van der Waals surface area contributed by atoms with Crippen LogP contribution >= 0.6 is 0 Å². The van der Waals surface area contributed by atoms with E-state index in [4.69, 9.17) is 9.66 Å². The van der Waals surface area contributed by atoms with E-state index in [2.05, 4.69) is 0 Å². The minimum atomic E-state index is -4.13. The average Bonchev–Trinajstić information content (AvgIpc) is 2.30. The van der Waals surface area contributed by atoms with Crippen molar-refractivity contribution in [1.82, 2.24) is 4.90 Å². The van der Waals surface area contributed by atoms with Crippen LogP contribution in [0.2, 0.25) is 0 Å². The molecule has 0 rings (SSSR count). The number of hydrogen-bond acceptors (Lipinski definition) is 6. The smallest absolute Gasteiger partial charge is 0.266 e. The van der Waals surface area contributed by atoms with E-state index in [-0.39, 0.29) is 38.8 Å². The molecule has 8 heteroatoms. The predicted molar refractivity (Wildman–Crippen MR) is 71.4 cm³/mol. The molecule has 4 N–H and O–H groups in total. The molecule has 0 aromatic heterocycles. The molecule has 0 heterocycles. The van der Waals surface area contributed by atoms with E-state index < -0.39 is 21.4 Å². The molecule has 7 nitrogen and oxygen atoms in total. The van der Waals surface area contributed by atoms with Gasteiger partial charge in [-0.2, -0.15) is 8.42 Å². The molecule has 0 aromatic rings. The quantitative estimate of drug-likeness (QED) is 0.380. The number of nitrogens with zero attached hydrogens (tertiary/aromatic N) is 1. The summed E-state index contributed by atoms with van der Waals surface area (Å²) in [6.07, 6.45) is 0.450. The molecule has 0 aliphatic rings. The molecule has 0 unspecified atom stereocenters. The summed E-state index contributed by atoms with van der Waals surface area (Å²) in [5.74, 6) is -0.335. The van der Waals surface area contributed by atoms with Gasteiger partial charge in [0.05, 0.1) is 31.1 Å². The third-order valence-corrected chi connectivity index (χ3v) is 3.74. The Hall–Kier alpha value is -0.250. The van der Waals surface area contributed by atoms with Crippen LogP contribution in [0.15, 0.2) is 0 Å². The molecule has 0 aliphatic heterocycles. The molecule has 0 radical (unpaired) electrons. The highest BCUT2D eigenvalue weighted by molar-refractivity contribution is 7.85. The number of aliphatic hydroxyl groups is 3. The summed E-state index contributed by atoms with van der Waals surface area (Å²) in [6, 6.07) is 0. The maximum absolute atomic E-state index is 10.8. The van der Waals surface area contributed by atoms with Crippen LogP contribution in [-0.2, 0) is 10.1 Å². The van der Waals surface area contributed by atoms with Crippen LogP contribution in [0.1, 0.15) is 20.3 Å². The second kappa shape index (κ2) is 8.13. The van der Waals surface area contributed by atoms with Gasteiger partial charge in [-0.05, 0) is 12.3 Å². The van der Waals surface area contributed by atoms with Crippen LogP contribution in [0, 0.1) is 5.92 Å². The number of rotatable bonds is 10. The fourth-order valence-corrected chi connectivity index (χ4v) is 2.65. The Morgan fingerprint density at radius 2 is 1.63 bits per heavy atom. The van der Waals surface area contributed by atoms with Gasteiger partial charge in [0.2, 0.25) is 0 Å². The molecule has 19 heavy (non-hydrogen) atoms. The third-order valence-electron chi connectivity index (χ3n) is 3.04. The van der Waals surface area contributed by atoms with E-state index in [0.29, 0.717) is 6.42 Å². The average molecular weight is 299 g/mol. The largest absolute Gasteiger partial charge is 0.395 e. The van der Waals surface area contributed by atoms with Crippen LogP contribution in [-0.4, -0.2) is 77.4 Å². The summed E-state index contributed by atoms with van der Waals surface area (Å²) >= 11 is 0. The van der Waals surface area contributed by atoms with E-state index in [1.54, 1.807) is 0 Å². The number of β-amino-alcohol motifs (C(OH)–C–C–N with tert-alkyl or cyclic N) is 1. The van der Waals surface area contributed by atoms with Crippen molar-refractivity contribution in [3.8, 4) is 0 Å². The fourth-order valence-electron chi connectivity index (χ4n) is 2.20. The second-order valence-corrected chi connectivity index (χ2v) is 6.71. The Morgan fingerprint density at radius 1 is 1.11 bits per heavy atom. The van der Waals surface area contributed by atoms with Gasteiger partial charge in [-0.3, -0.25) is 9.45 Å². The molecular formula is C11H25NO6S. The highest BCUT2D eigenvalue weighted by Crippen LogP contribution is 2.23. The summed E-state index contributed by atoms with van der Waals surface area (Å²) in [4.78, 5) is 1.51. The van der Waals surface area contributed by atoms with Gasteiger partial charge in [-0.25, -0.2) is 0 Å². The first-order valence-electron chi connectivity index (χ1n) is 6.23. The van der Waals surface area contributed by atoms with Crippen LogP contribution in [0.5, 0.6) is 0 Å². The van der Waals surface area contributed by atoms with Gasteiger partial charge in [-0.15, -0.1) is 0 Å². The van der Waals surface area contributed by atoms with Crippen molar-refractivity contribution < 1.29 is 28.3 Å². The minimum absolute atomic E-state index is 0.0623. The van der Waals surface area contributed by atoms with Crippen molar-refractivity contribution in [2.24, 2.45) is 5.92 Å². The molecule has 0 aliphatic carbocycles. The standard InChI is InChI=1S/C11H25NO6S/c1-10(2)7-11(8-14,9-15)12(3-5-13)4-6-19(16,17)18/h10,13-15H,3-9H2,1-2H3,(H,16,17,18). The molecule has 0 amide bonds. The molecule has 0 fully saturated rings. The van der Waals surface area contributed by atoms with Gasteiger partial charge in [0, 0.05) is 13.1 Å². The highest BCUT2D eigenvalue weighted by atomic mass is 32.2. The lowest BCUT2D eigenvalue weighted by Gasteiger charge is -2.42.